The lowest BCUT2D eigenvalue weighted by Gasteiger charge is -2.35. The van der Waals surface area contributed by atoms with Crippen molar-refractivity contribution in [2.45, 2.75) is 69.5 Å². The normalized spacial score (nSPS) is 23.9. The molecule has 3 atom stereocenters. The molecular formula is C30H38F4N4O2. The lowest BCUT2D eigenvalue weighted by Crippen LogP contribution is -2.41. The molecule has 40 heavy (non-hydrogen) atoms. The highest BCUT2D eigenvalue weighted by Crippen LogP contribution is 2.40. The molecular weight excluding hydrogens is 524 g/mol. The van der Waals surface area contributed by atoms with Crippen LogP contribution in [0, 0.1) is 23.6 Å². The highest BCUT2D eigenvalue weighted by molar-refractivity contribution is 5.73. The fourth-order valence-electron chi connectivity index (χ4n) is 6.55. The Morgan fingerprint density at radius 2 is 1.77 bits per heavy atom. The van der Waals surface area contributed by atoms with Crippen LogP contribution >= 0.6 is 0 Å². The summed E-state index contributed by atoms with van der Waals surface area (Å²) in [4.78, 5) is 23.6. The standard InChI is InChI=1S/C30H38F4N4O2/c31-25-6-2-5-23(14-25)26-19-38(27(28(39)40)13-21-7-8-21)18-24(26)17-37-11-9-20(10-12-37)3-1-4-22-15-35-29(36-16-22)30(32,33)34/h2,5-6,14-16,20-21,24,26-27H,1,3-4,7-13,17-19H2,(H,39,40)/t24-,26+,27+/m0/s1. The molecule has 2 saturated heterocycles. The zero-order valence-electron chi connectivity index (χ0n) is 22.7. The van der Waals surface area contributed by atoms with Crippen LogP contribution in [-0.2, 0) is 17.4 Å². The van der Waals surface area contributed by atoms with Crippen LogP contribution in [0.25, 0.3) is 0 Å². The first-order valence-electron chi connectivity index (χ1n) is 14.5. The topological polar surface area (TPSA) is 69.6 Å². The van der Waals surface area contributed by atoms with Gasteiger partial charge in [0.25, 0.3) is 0 Å². The highest BCUT2D eigenvalue weighted by Gasteiger charge is 2.42. The largest absolute Gasteiger partial charge is 0.480 e. The molecule has 6 nitrogen and oxygen atoms in total. The van der Waals surface area contributed by atoms with Gasteiger partial charge in [0, 0.05) is 37.9 Å². The minimum absolute atomic E-state index is 0.0976. The molecule has 2 aliphatic heterocycles. The Hall–Kier alpha value is -2.59. The van der Waals surface area contributed by atoms with Crippen LogP contribution in [0.15, 0.2) is 36.7 Å². The zero-order chi connectivity index (χ0) is 28.3. The smallest absolute Gasteiger partial charge is 0.451 e. The Kier molecular flexibility index (Phi) is 9.05. The Bertz CT molecular complexity index is 1130. The van der Waals surface area contributed by atoms with E-state index in [2.05, 4.69) is 19.8 Å². The summed E-state index contributed by atoms with van der Waals surface area (Å²) < 4.78 is 52.1. The number of hydrogen-bond donors (Lipinski definition) is 1. The third-order valence-corrected chi connectivity index (χ3v) is 8.96. The molecule has 1 aromatic carbocycles. The molecule has 3 aliphatic rings. The van der Waals surface area contributed by atoms with E-state index >= 15 is 0 Å². The number of aryl methyl sites for hydroxylation is 1. The van der Waals surface area contributed by atoms with E-state index in [1.54, 1.807) is 12.1 Å². The molecule has 5 rings (SSSR count). The molecule has 1 N–H and O–H groups in total. The van der Waals surface area contributed by atoms with Crippen LogP contribution in [0.3, 0.4) is 0 Å². The number of hydrogen-bond acceptors (Lipinski definition) is 5. The van der Waals surface area contributed by atoms with Crippen molar-refractivity contribution in [3.8, 4) is 0 Å². The number of aliphatic carboxylic acids is 1. The molecule has 0 radical (unpaired) electrons. The summed E-state index contributed by atoms with van der Waals surface area (Å²) in [6, 6.07) is 6.29. The molecule has 1 aromatic heterocycles. The summed E-state index contributed by atoms with van der Waals surface area (Å²) in [5.74, 6) is -0.700. The minimum atomic E-state index is -4.52. The van der Waals surface area contributed by atoms with Crippen LogP contribution in [0.2, 0.25) is 0 Å². The van der Waals surface area contributed by atoms with Crippen molar-refractivity contribution in [2.75, 3.05) is 32.7 Å². The van der Waals surface area contributed by atoms with Gasteiger partial charge in [0.15, 0.2) is 0 Å². The molecule has 1 aliphatic carbocycles. The van der Waals surface area contributed by atoms with Gasteiger partial charge in [-0.15, -0.1) is 0 Å². The van der Waals surface area contributed by atoms with Gasteiger partial charge in [0.05, 0.1) is 0 Å². The number of piperidine rings is 1. The van der Waals surface area contributed by atoms with Crippen LogP contribution in [0.5, 0.6) is 0 Å². The number of carbonyl (C=O) groups is 1. The van der Waals surface area contributed by atoms with Crippen molar-refractivity contribution >= 4 is 5.97 Å². The number of nitrogens with zero attached hydrogens (tertiary/aromatic N) is 4. The Balaban J connectivity index is 1.13. The van der Waals surface area contributed by atoms with E-state index in [0.717, 1.165) is 69.3 Å². The van der Waals surface area contributed by atoms with Gasteiger partial charge in [-0.05, 0) is 86.2 Å². The number of alkyl halides is 3. The second kappa shape index (κ2) is 12.5. The van der Waals surface area contributed by atoms with E-state index in [1.807, 2.05) is 6.07 Å². The fourth-order valence-corrected chi connectivity index (χ4v) is 6.55. The van der Waals surface area contributed by atoms with Gasteiger partial charge in [0.1, 0.15) is 11.9 Å². The number of carboxylic acids is 1. The third kappa shape index (κ3) is 7.57. The summed E-state index contributed by atoms with van der Waals surface area (Å²) in [7, 11) is 0. The molecule has 3 heterocycles. The van der Waals surface area contributed by atoms with Crippen LogP contribution < -0.4 is 0 Å². The van der Waals surface area contributed by atoms with Gasteiger partial charge in [0.2, 0.25) is 5.82 Å². The van der Waals surface area contributed by atoms with Gasteiger partial charge < -0.3 is 10.0 Å². The van der Waals surface area contributed by atoms with Gasteiger partial charge in [-0.3, -0.25) is 9.69 Å². The summed E-state index contributed by atoms with van der Waals surface area (Å²) in [5, 5.41) is 9.97. The van der Waals surface area contributed by atoms with Gasteiger partial charge >= 0.3 is 12.1 Å². The molecule has 0 amide bonds. The van der Waals surface area contributed by atoms with Crippen molar-refractivity contribution in [2.24, 2.45) is 17.8 Å². The van der Waals surface area contributed by atoms with Gasteiger partial charge in [-0.25, -0.2) is 14.4 Å². The zero-order valence-corrected chi connectivity index (χ0v) is 22.7. The van der Waals surface area contributed by atoms with E-state index in [1.165, 1.54) is 18.5 Å². The molecule has 0 bridgehead atoms. The molecule has 10 heteroatoms. The van der Waals surface area contributed by atoms with Crippen LogP contribution in [-0.4, -0.2) is 69.6 Å². The summed E-state index contributed by atoms with van der Waals surface area (Å²) in [6.45, 7) is 4.14. The number of likely N-dealkylation sites (tertiary alicyclic amines) is 2. The summed E-state index contributed by atoms with van der Waals surface area (Å²) in [6.07, 6.45) is 5.64. The van der Waals surface area contributed by atoms with Crippen LogP contribution in [0.4, 0.5) is 17.6 Å². The first kappa shape index (κ1) is 28.9. The number of halogens is 4. The quantitative estimate of drug-likeness (QED) is 0.358. The molecule has 2 aromatic rings. The van der Waals surface area contributed by atoms with Gasteiger partial charge in [-0.2, -0.15) is 13.2 Å². The Morgan fingerprint density at radius 1 is 1.05 bits per heavy atom. The average Bonchev–Trinajstić information content (AvgIpc) is 3.65. The van der Waals surface area contributed by atoms with E-state index in [-0.39, 0.29) is 17.7 Å². The number of carboxylic acid groups (broad SMARTS) is 1. The number of rotatable bonds is 11. The summed E-state index contributed by atoms with van der Waals surface area (Å²) in [5.41, 5.74) is 1.67. The number of aromatic nitrogens is 2. The lowest BCUT2D eigenvalue weighted by molar-refractivity contribution is -0.145. The summed E-state index contributed by atoms with van der Waals surface area (Å²) >= 11 is 0. The molecule has 0 spiro atoms. The fraction of sp³-hybridized carbons (Fsp3) is 0.633. The molecule has 1 saturated carbocycles. The van der Waals surface area contributed by atoms with E-state index in [0.29, 0.717) is 37.8 Å². The van der Waals surface area contributed by atoms with Crippen molar-refractivity contribution in [1.82, 2.24) is 19.8 Å². The van der Waals surface area contributed by atoms with Crippen molar-refractivity contribution in [1.29, 1.82) is 0 Å². The highest BCUT2D eigenvalue weighted by atomic mass is 19.4. The SMILES string of the molecule is O=C(O)[C@@H](CC1CC1)N1C[C@H](CN2CCC(CCCc3cnc(C(F)(F)F)nc3)CC2)[C@@H](c2cccc(F)c2)C1. The second-order valence-corrected chi connectivity index (χ2v) is 12.0. The van der Waals surface area contributed by atoms with E-state index < -0.39 is 24.0 Å². The molecule has 0 unspecified atom stereocenters. The first-order chi connectivity index (χ1) is 19.2. The monoisotopic (exact) mass is 562 g/mol. The van der Waals surface area contributed by atoms with E-state index in [9.17, 15) is 27.5 Å². The first-order valence-corrected chi connectivity index (χ1v) is 14.5. The maximum absolute atomic E-state index is 14.1. The molecule has 218 valence electrons. The minimum Gasteiger partial charge on any atom is -0.480 e. The average molecular weight is 563 g/mol. The predicted molar refractivity (Wildman–Crippen MR) is 142 cm³/mol. The maximum Gasteiger partial charge on any atom is 0.451 e. The Labute approximate surface area is 232 Å². The number of benzene rings is 1. The second-order valence-electron chi connectivity index (χ2n) is 12.0. The van der Waals surface area contributed by atoms with Crippen molar-refractivity contribution in [3.05, 3.63) is 59.4 Å². The predicted octanol–water partition coefficient (Wildman–Crippen LogP) is 5.64. The van der Waals surface area contributed by atoms with E-state index in [4.69, 9.17) is 0 Å². The molecule has 3 fully saturated rings. The van der Waals surface area contributed by atoms with Crippen molar-refractivity contribution < 1.29 is 27.5 Å². The van der Waals surface area contributed by atoms with Crippen LogP contribution in [0.1, 0.15) is 67.8 Å². The maximum atomic E-state index is 14.1. The van der Waals surface area contributed by atoms with Crippen molar-refractivity contribution in [3.63, 3.8) is 0 Å². The van der Waals surface area contributed by atoms with Gasteiger partial charge in [-0.1, -0.05) is 31.4 Å². The Morgan fingerprint density at radius 3 is 2.40 bits per heavy atom. The third-order valence-electron chi connectivity index (χ3n) is 8.96. The lowest BCUT2D eigenvalue weighted by atomic mass is 9.87.